The molecule has 0 saturated heterocycles. The highest BCUT2D eigenvalue weighted by Crippen LogP contribution is 2.30. The van der Waals surface area contributed by atoms with Crippen LogP contribution in [0.15, 0.2) is 36.7 Å². The number of halogens is 1. The molecule has 3 rings (SSSR count). The van der Waals surface area contributed by atoms with Gasteiger partial charge in [-0.15, -0.1) is 0 Å². The van der Waals surface area contributed by atoms with Crippen LogP contribution in [0, 0.1) is 5.92 Å². The Hall–Kier alpha value is -1.48. The maximum Gasteiger partial charge on any atom is 0.0877 e. The Morgan fingerprint density at radius 2 is 2.15 bits per heavy atom. The van der Waals surface area contributed by atoms with Crippen molar-refractivity contribution in [2.24, 2.45) is 5.92 Å². The average Bonchev–Trinajstić information content (AvgIpc) is 2.95. The number of anilines is 1. The van der Waals surface area contributed by atoms with E-state index in [1.807, 2.05) is 35.1 Å². The highest BCUT2D eigenvalue weighted by Gasteiger charge is 2.22. The monoisotopic (exact) mass is 289 g/mol. The Morgan fingerprint density at radius 3 is 2.90 bits per heavy atom. The second-order valence-corrected chi connectivity index (χ2v) is 6.06. The minimum absolute atomic E-state index is 0.525. The van der Waals surface area contributed by atoms with Gasteiger partial charge in [-0.05, 0) is 43.0 Å². The molecule has 20 heavy (non-hydrogen) atoms. The first-order chi connectivity index (χ1) is 9.74. The van der Waals surface area contributed by atoms with Gasteiger partial charge in [-0.3, -0.25) is 0 Å². The average molecular weight is 290 g/mol. The minimum Gasteiger partial charge on any atom is -0.380 e. The molecule has 2 aromatic rings. The molecule has 1 aromatic carbocycles. The normalized spacial score (nSPS) is 22.7. The third-order valence-electron chi connectivity index (χ3n) is 4.16. The van der Waals surface area contributed by atoms with Gasteiger partial charge < -0.3 is 5.32 Å². The summed E-state index contributed by atoms with van der Waals surface area (Å²) < 4.78 is 1.88. The Balaban J connectivity index is 1.89. The van der Waals surface area contributed by atoms with Crippen LogP contribution < -0.4 is 5.32 Å². The molecule has 0 aliphatic heterocycles. The lowest BCUT2D eigenvalue weighted by Gasteiger charge is -2.31. The Bertz CT molecular complexity index is 565. The SMILES string of the molecule is CC1CCCCC1Nc1cc(Cl)ccc1-n1cccn1. The van der Waals surface area contributed by atoms with Crippen molar-refractivity contribution >= 4 is 17.3 Å². The van der Waals surface area contributed by atoms with Gasteiger partial charge in [0.2, 0.25) is 0 Å². The summed E-state index contributed by atoms with van der Waals surface area (Å²) in [7, 11) is 0. The zero-order valence-electron chi connectivity index (χ0n) is 11.7. The summed E-state index contributed by atoms with van der Waals surface area (Å²) >= 11 is 6.16. The van der Waals surface area contributed by atoms with E-state index in [1.54, 1.807) is 6.20 Å². The van der Waals surface area contributed by atoms with Gasteiger partial charge in [0.1, 0.15) is 0 Å². The summed E-state index contributed by atoms with van der Waals surface area (Å²) in [4.78, 5) is 0. The summed E-state index contributed by atoms with van der Waals surface area (Å²) in [6, 6.07) is 8.39. The maximum absolute atomic E-state index is 6.16. The molecule has 106 valence electrons. The number of aromatic nitrogens is 2. The fourth-order valence-electron chi connectivity index (χ4n) is 2.97. The molecule has 4 heteroatoms. The Morgan fingerprint density at radius 1 is 1.30 bits per heavy atom. The number of hydrogen-bond donors (Lipinski definition) is 1. The number of benzene rings is 1. The number of nitrogens with zero attached hydrogens (tertiary/aromatic N) is 2. The third-order valence-corrected chi connectivity index (χ3v) is 4.40. The van der Waals surface area contributed by atoms with Crippen molar-refractivity contribution in [1.29, 1.82) is 0 Å². The highest BCUT2D eigenvalue weighted by atomic mass is 35.5. The van der Waals surface area contributed by atoms with E-state index in [0.717, 1.165) is 16.4 Å². The van der Waals surface area contributed by atoms with Crippen LogP contribution in [0.4, 0.5) is 5.69 Å². The highest BCUT2D eigenvalue weighted by molar-refractivity contribution is 6.31. The molecule has 1 heterocycles. The predicted octanol–water partition coefficient (Wildman–Crippen LogP) is 4.52. The van der Waals surface area contributed by atoms with Crippen LogP contribution in [0.5, 0.6) is 0 Å². The first-order valence-electron chi connectivity index (χ1n) is 7.30. The van der Waals surface area contributed by atoms with Crippen LogP contribution in [-0.2, 0) is 0 Å². The topological polar surface area (TPSA) is 29.9 Å². The van der Waals surface area contributed by atoms with E-state index in [-0.39, 0.29) is 0 Å². The van der Waals surface area contributed by atoms with Crippen molar-refractivity contribution in [3.05, 3.63) is 41.7 Å². The molecule has 0 bridgehead atoms. The standard InChI is InChI=1S/C16H20ClN3/c1-12-5-2-3-6-14(12)19-15-11-13(17)7-8-16(15)20-10-4-9-18-20/h4,7-12,14,19H,2-3,5-6H2,1H3. The molecule has 1 aliphatic carbocycles. The molecule has 0 spiro atoms. The van der Waals surface area contributed by atoms with E-state index in [4.69, 9.17) is 11.6 Å². The lowest BCUT2D eigenvalue weighted by molar-refractivity contribution is 0.349. The number of nitrogens with one attached hydrogen (secondary N) is 1. The molecule has 3 nitrogen and oxygen atoms in total. The summed E-state index contributed by atoms with van der Waals surface area (Å²) in [5, 5.41) is 8.76. The van der Waals surface area contributed by atoms with Crippen molar-refractivity contribution in [3.8, 4) is 5.69 Å². The van der Waals surface area contributed by atoms with Gasteiger partial charge in [0.15, 0.2) is 0 Å². The van der Waals surface area contributed by atoms with Gasteiger partial charge in [0, 0.05) is 23.5 Å². The van der Waals surface area contributed by atoms with Crippen molar-refractivity contribution < 1.29 is 0 Å². The summed E-state index contributed by atoms with van der Waals surface area (Å²) in [5.74, 6) is 0.702. The lowest BCUT2D eigenvalue weighted by Crippen LogP contribution is -2.30. The molecular formula is C16H20ClN3. The molecule has 1 aromatic heterocycles. The second-order valence-electron chi connectivity index (χ2n) is 5.62. The molecular weight excluding hydrogens is 270 g/mol. The van der Waals surface area contributed by atoms with Gasteiger partial charge in [0.25, 0.3) is 0 Å². The van der Waals surface area contributed by atoms with Gasteiger partial charge in [-0.2, -0.15) is 5.10 Å². The zero-order chi connectivity index (χ0) is 13.9. The molecule has 0 amide bonds. The lowest BCUT2D eigenvalue weighted by atomic mass is 9.86. The summed E-state index contributed by atoms with van der Waals surface area (Å²) in [6.45, 7) is 2.33. The fraction of sp³-hybridized carbons (Fsp3) is 0.438. The van der Waals surface area contributed by atoms with E-state index in [1.165, 1.54) is 25.7 Å². The van der Waals surface area contributed by atoms with Crippen LogP contribution in [0.25, 0.3) is 5.69 Å². The molecule has 0 radical (unpaired) electrons. The van der Waals surface area contributed by atoms with Gasteiger partial charge in [-0.1, -0.05) is 31.4 Å². The first kappa shape index (κ1) is 13.5. The molecule has 2 atom stereocenters. The molecule has 1 N–H and O–H groups in total. The van der Waals surface area contributed by atoms with Crippen molar-refractivity contribution in [1.82, 2.24) is 9.78 Å². The van der Waals surface area contributed by atoms with Crippen LogP contribution in [0.2, 0.25) is 5.02 Å². The molecule has 1 aliphatic rings. The van der Waals surface area contributed by atoms with Crippen molar-refractivity contribution in [2.45, 2.75) is 38.6 Å². The summed E-state index contributed by atoms with van der Waals surface area (Å²) in [5.41, 5.74) is 2.12. The first-order valence-corrected chi connectivity index (χ1v) is 7.68. The van der Waals surface area contributed by atoms with Crippen LogP contribution >= 0.6 is 11.6 Å². The minimum atomic E-state index is 0.525. The van der Waals surface area contributed by atoms with E-state index < -0.39 is 0 Å². The predicted molar refractivity (Wildman–Crippen MR) is 83.6 cm³/mol. The van der Waals surface area contributed by atoms with E-state index >= 15 is 0 Å². The van der Waals surface area contributed by atoms with Crippen LogP contribution in [0.3, 0.4) is 0 Å². The molecule has 2 unspecified atom stereocenters. The van der Waals surface area contributed by atoms with E-state index in [9.17, 15) is 0 Å². The zero-order valence-corrected chi connectivity index (χ0v) is 12.5. The van der Waals surface area contributed by atoms with Crippen LogP contribution in [-0.4, -0.2) is 15.8 Å². The van der Waals surface area contributed by atoms with Crippen molar-refractivity contribution in [3.63, 3.8) is 0 Å². The number of rotatable bonds is 3. The Labute approximate surface area is 124 Å². The largest absolute Gasteiger partial charge is 0.380 e. The molecule has 1 saturated carbocycles. The molecule has 1 fully saturated rings. The fourth-order valence-corrected chi connectivity index (χ4v) is 3.14. The van der Waals surface area contributed by atoms with Gasteiger partial charge in [0.05, 0.1) is 11.4 Å². The second kappa shape index (κ2) is 5.88. The van der Waals surface area contributed by atoms with Crippen LogP contribution in [0.1, 0.15) is 32.6 Å². The third kappa shape index (κ3) is 2.83. The van der Waals surface area contributed by atoms with Gasteiger partial charge >= 0.3 is 0 Å². The number of hydrogen-bond acceptors (Lipinski definition) is 2. The summed E-state index contributed by atoms with van der Waals surface area (Å²) in [6.07, 6.45) is 8.93. The quantitative estimate of drug-likeness (QED) is 0.900. The smallest absolute Gasteiger partial charge is 0.0877 e. The maximum atomic E-state index is 6.16. The van der Waals surface area contributed by atoms with E-state index in [2.05, 4.69) is 17.3 Å². The van der Waals surface area contributed by atoms with E-state index in [0.29, 0.717) is 12.0 Å². The Kier molecular flexibility index (Phi) is 3.97. The van der Waals surface area contributed by atoms with Gasteiger partial charge in [-0.25, -0.2) is 4.68 Å². The van der Waals surface area contributed by atoms with Crippen molar-refractivity contribution in [2.75, 3.05) is 5.32 Å².